The molecule has 0 aliphatic carbocycles. The quantitative estimate of drug-likeness (QED) is 0.586. The van der Waals surface area contributed by atoms with E-state index >= 15 is 0 Å². The summed E-state index contributed by atoms with van der Waals surface area (Å²) in [5.41, 5.74) is 0. The maximum Gasteiger partial charge on any atom is 0.308 e. The molecule has 16 heavy (non-hydrogen) atoms. The van der Waals surface area contributed by atoms with E-state index in [9.17, 15) is 4.79 Å². The lowest BCUT2D eigenvalue weighted by atomic mass is 10.0. The molecule has 0 heterocycles. The first-order valence-electron chi connectivity index (χ1n) is 6.64. The maximum atomic E-state index is 11.4. The summed E-state index contributed by atoms with van der Waals surface area (Å²) < 4.78 is 5.28. The van der Waals surface area contributed by atoms with Crippen molar-refractivity contribution in [3.8, 4) is 0 Å². The number of ether oxygens (including phenoxy) is 1. The number of carbonyl (C=O) groups excluding carboxylic acids is 1. The van der Waals surface area contributed by atoms with E-state index in [-0.39, 0.29) is 11.9 Å². The lowest BCUT2D eigenvalue weighted by molar-refractivity contribution is -0.149. The second kappa shape index (κ2) is 8.60. The van der Waals surface area contributed by atoms with E-state index in [4.69, 9.17) is 4.74 Å². The lowest BCUT2D eigenvalue weighted by Gasteiger charge is -2.14. The fourth-order valence-electron chi connectivity index (χ4n) is 1.49. The van der Waals surface area contributed by atoms with Gasteiger partial charge in [0.1, 0.15) is 0 Å². The molecular weight excluding hydrogens is 200 g/mol. The van der Waals surface area contributed by atoms with E-state index in [0.29, 0.717) is 12.5 Å². The number of esters is 1. The van der Waals surface area contributed by atoms with Crippen LogP contribution in [0.3, 0.4) is 0 Å². The van der Waals surface area contributed by atoms with Gasteiger partial charge in [-0.05, 0) is 24.7 Å². The van der Waals surface area contributed by atoms with E-state index in [2.05, 4.69) is 20.8 Å². The van der Waals surface area contributed by atoms with Gasteiger partial charge in [0.25, 0.3) is 0 Å². The first kappa shape index (κ1) is 15.5. The molecule has 0 spiro atoms. The molecule has 2 nitrogen and oxygen atoms in total. The number of carbonyl (C=O) groups is 1. The summed E-state index contributed by atoms with van der Waals surface area (Å²) in [5.74, 6) is 1.27. The summed E-state index contributed by atoms with van der Waals surface area (Å²) >= 11 is 0. The van der Waals surface area contributed by atoms with Gasteiger partial charge in [-0.1, -0.05) is 47.5 Å². The van der Waals surface area contributed by atoms with Crippen LogP contribution in [0.1, 0.15) is 60.3 Å². The number of hydrogen-bond donors (Lipinski definition) is 0. The molecule has 0 aromatic carbocycles. The molecule has 0 aromatic heterocycles. The van der Waals surface area contributed by atoms with Crippen molar-refractivity contribution in [1.29, 1.82) is 0 Å². The fourth-order valence-corrected chi connectivity index (χ4v) is 1.49. The third-order valence-electron chi connectivity index (χ3n) is 3.00. The Balaban J connectivity index is 3.57. The van der Waals surface area contributed by atoms with Gasteiger partial charge < -0.3 is 4.74 Å². The molecule has 0 saturated heterocycles. The second-order valence-electron chi connectivity index (χ2n) is 5.37. The van der Waals surface area contributed by atoms with Crippen molar-refractivity contribution in [3.05, 3.63) is 0 Å². The fraction of sp³-hybridized carbons (Fsp3) is 0.929. The van der Waals surface area contributed by atoms with E-state index < -0.39 is 0 Å². The van der Waals surface area contributed by atoms with Crippen LogP contribution in [-0.4, -0.2) is 12.6 Å². The molecule has 2 unspecified atom stereocenters. The summed E-state index contributed by atoms with van der Waals surface area (Å²) in [6.07, 6.45) is 4.52. The molecule has 0 aromatic rings. The molecule has 0 bridgehead atoms. The van der Waals surface area contributed by atoms with Crippen LogP contribution in [0.5, 0.6) is 0 Å². The zero-order valence-corrected chi connectivity index (χ0v) is 11.6. The predicted molar refractivity (Wildman–Crippen MR) is 68.3 cm³/mol. The van der Waals surface area contributed by atoms with Crippen molar-refractivity contribution in [2.24, 2.45) is 17.8 Å². The van der Waals surface area contributed by atoms with Crippen LogP contribution < -0.4 is 0 Å². The van der Waals surface area contributed by atoms with Crippen molar-refractivity contribution < 1.29 is 9.53 Å². The minimum atomic E-state index is -0.0433. The minimum Gasteiger partial charge on any atom is -0.465 e. The molecule has 0 aliphatic heterocycles. The monoisotopic (exact) mass is 228 g/mol. The van der Waals surface area contributed by atoms with Gasteiger partial charge >= 0.3 is 5.97 Å². The van der Waals surface area contributed by atoms with Gasteiger partial charge in [0, 0.05) is 0 Å². The van der Waals surface area contributed by atoms with Crippen LogP contribution in [0, 0.1) is 17.8 Å². The molecule has 0 amide bonds. The van der Waals surface area contributed by atoms with Crippen molar-refractivity contribution >= 4 is 5.97 Å². The highest BCUT2D eigenvalue weighted by Crippen LogP contribution is 2.13. The Morgan fingerprint density at radius 3 is 2.25 bits per heavy atom. The molecule has 96 valence electrons. The zero-order chi connectivity index (χ0) is 12.6. The van der Waals surface area contributed by atoms with Crippen molar-refractivity contribution in [2.45, 2.75) is 60.3 Å². The Kier molecular flexibility index (Phi) is 8.32. The first-order chi connectivity index (χ1) is 7.47. The first-order valence-corrected chi connectivity index (χ1v) is 6.64. The van der Waals surface area contributed by atoms with Gasteiger partial charge in [-0.3, -0.25) is 4.79 Å². The topological polar surface area (TPSA) is 26.3 Å². The predicted octanol–water partition coefficient (Wildman–Crippen LogP) is 4.04. The smallest absolute Gasteiger partial charge is 0.308 e. The van der Waals surface area contributed by atoms with Crippen molar-refractivity contribution in [1.82, 2.24) is 0 Å². The highest BCUT2D eigenvalue weighted by atomic mass is 16.5. The standard InChI is InChI=1S/C14H28O2/c1-6-13(5)14(15)16-10-12(4)9-7-8-11(2)3/h11-13H,6-10H2,1-5H3. The Bertz CT molecular complexity index is 187. The van der Waals surface area contributed by atoms with Crippen LogP contribution in [0.2, 0.25) is 0 Å². The van der Waals surface area contributed by atoms with E-state index in [1.807, 2.05) is 13.8 Å². The van der Waals surface area contributed by atoms with Gasteiger partial charge in [-0.2, -0.15) is 0 Å². The third-order valence-corrected chi connectivity index (χ3v) is 3.00. The number of rotatable bonds is 8. The molecule has 2 atom stereocenters. The highest BCUT2D eigenvalue weighted by Gasteiger charge is 2.13. The largest absolute Gasteiger partial charge is 0.465 e. The molecule has 0 radical (unpaired) electrons. The van der Waals surface area contributed by atoms with E-state index in [1.54, 1.807) is 0 Å². The van der Waals surface area contributed by atoms with Crippen LogP contribution in [0.15, 0.2) is 0 Å². The third kappa shape index (κ3) is 7.72. The second-order valence-corrected chi connectivity index (χ2v) is 5.37. The molecule has 0 saturated carbocycles. The zero-order valence-electron chi connectivity index (χ0n) is 11.6. The minimum absolute atomic E-state index is 0.0433. The van der Waals surface area contributed by atoms with Gasteiger partial charge in [0.2, 0.25) is 0 Å². The van der Waals surface area contributed by atoms with Gasteiger partial charge in [-0.15, -0.1) is 0 Å². The average molecular weight is 228 g/mol. The van der Waals surface area contributed by atoms with Crippen LogP contribution in [0.25, 0.3) is 0 Å². The van der Waals surface area contributed by atoms with Crippen LogP contribution in [0.4, 0.5) is 0 Å². The summed E-state index contributed by atoms with van der Waals surface area (Å²) in [4.78, 5) is 11.4. The van der Waals surface area contributed by atoms with E-state index in [1.165, 1.54) is 12.8 Å². The average Bonchev–Trinajstić information content (AvgIpc) is 2.24. The Hall–Kier alpha value is -0.530. The Morgan fingerprint density at radius 2 is 1.75 bits per heavy atom. The van der Waals surface area contributed by atoms with Crippen LogP contribution in [-0.2, 0) is 9.53 Å². The molecule has 0 rings (SSSR count). The van der Waals surface area contributed by atoms with Gasteiger partial charge in [0.05, 0.1) is 12.5 Å². The molecule has 0 aliphatic rings. The molecular formula is C14H28O2. The van der Waals surface area contributed by atoms with Crippen molar-refractivity contribution in [2.75, 3.05) is 6.61 Å². The van der Waals surface area contributed by atoms with Gasteiger partial charge in [0.15, 0.2) is 0 Å². The number of hydrogen-bond acceptors (Lipinski definition) is 2. The van der Waals surface area contributed by atoms with Gasteiger partial charge in [-0.25, -0.2) is 0 Å². The highest BCUT2D eigenvalue weighted by molar-refractivity contribution is 5.71. The molecule has 0 fully saturated rings. The van der Waals surface area contributed by atoms with E-state index in [0.717, 1.165) is 18.8 Å². The molecule has 0 N–H and O–H groups in total. The summed E-state index contributed by atoms with van der Waals surface area (Å²) in [5, 5.41) is 0. The Labute approximate surface area is 101 Å². The summed E-state index contributed by atoms with van der Waals surface area (Å²) in [6, 6.07) is 0. The maximum absolute atomic E-state index is 11.4. The SMILES string of the molecule is CCC(C)C(=O)OCC(C)CCCC(C)C. The lowest BCUT2D eigenvalue weighted by Crippen LogP contribution is -2.17. The summed E-state index contributed by atoms with van der Waals surface area (Å²) in [6.45, 7) is 11.2. The Morgan fingerprint density at radius 1 is 1.12 bits per heavy atom. The normalized spacial score (nSPS) is 14.9. The van der Waals surface area contributed by atoms with Crippen molar-refractivity contribution in [3.63, 3.8) is 0 Å². The molecule has 2 heteroatoms. The van der Waals surface area contributed by atoms with Crippen LogP contribution >= 0.6 is 0 Å². The summed E-state index contributed by atoms with van der Waals surface area (Å²) in [7, 11) is 0.